The van der Waals surface area contributed by atoms with Crippen molar-refractivity contribution < 1.29 is 37.0 Å². The van der Waals surface area contributed by atoms with Crippen LogP contribution in [-0.4, -0.2) is 60.5 Å². The van der Waals surface area contributed by atoms with Crippen molar-refractivity contribution >= 4 is 34.6 Å². The number of halogens is 2. The van der Waals surface area contributed by atoms with E-state index in [-0.39, 0.29) is 59.5 Å². The van der Waals surface area contributed by atoms with Gasteiger partial charge in [0, 0.05) is 32.1 Å². The minimum Gasteiger partial charge on any atom is -0.469 e. The lowest BCUT2D eigenvalue weighted by molar-refractivity contribution is -0.320. The van der Waals surface area contributed by atoms with Gasteiger partial charge in [-0.2, -0.15) is 4.98 Å². The molecule has 11 heteroatoms. The van der Waals surface area contributed by atoms with Crippen molar-refractivity contribution in [3.63, 3.8) is 0 Å². The molecular weight excluding hydrogens is 548 g/mol. The van der Waals surface area contributed by atoms with Gasteiger partial charge >= 0.3 is 5.97 Å². The second-order valence-corrected chi connectivity index (χ2v) is 11.2. The molecule has 0 spiro atoms. The van der Waals surface area contributed by atoms with Crippen LogP contribution < -0.4 is 5.32 Å². The summed E-state index contributed by atoms with van der Waals surface area (Å²) in [6.45, 7) is 4.93. The summed E-state index contributed by atoms with van der Waals surface area (Å²) in [5.41, 5.74) is 1.56. The zero-order chi connectivity index (χ0) is 29.9. The minimum absolute atomic E-state index is 0.0172. The van der Waals surface area contributed by atoms with E-state index in [1.165, 1.54) is 25.3 Å². The summed E-state index contributed by atoms with van der Waals surface area (Å²) in [5.74, 6) is -2.85. The normalized spacial score (nSPS) is 20.9. The molecule has 0 amide bonds. The van der Waals surface area contributed by atoms with Crippen molar-refractivity contribution in [3.05, 3.63) is 53.1 Å². The lowest BCUT2D eigenvalue weighted by Crippen LogP contribution is -2.52. The molecule has 1 N–H and O–H groups in total. The Hall–Kier alpha value is -3.41. The molecule has 5 rings (SSSR count). The number of carbonyl (C=O) groups is 2. The van der Waals surface area contributed by atoms with E-state index in [0.29, 0.717) is 31.4 Å². The molecule has 1 atom stereocenters. The Kier molecular flexibility index (Phi) is 9.19. The SMILES string of the molecule is COC(=O)[C@H]1CC[C@H](OC(C)(OCC(=O)Cc2ccc3nc(Nc4cc(F)ccc4C)oc3c2F)N2CCCC2)CC1. The van der Waals surface area contributed by atoms with E-state index >= 15 is 4.39 Å². The number of esters is 1. The third-order valence-corrected chi connectivity index (χ3v) is 8.18. The van der Waals surface area contributed by atoms with E-state index in [4.69, 9.17) is 18.6 Å². The van der Waals surface area contributed by atoms with Crippen LogP contribution in [0.3, 0.4) is 0 Å². The summed E-state index contributed by atoms with van der Waals surface area (Å²) in [6, 6.07) is 7.36. The number of hydrogen-bond donors (Lipinski definition) is 1. The average molecular weight is 586 g/mol. The Morgan fingerprint density at radius 1 is 1.12 bits per heavy atom. The third kappa shape index (κ3) is 6.79. The number of benzene rings is 2. The first kappa shape index (κ1) is 30.1. The fourth-order valence-electron chi connectivity index (χ4n) is 5.73. The highest BCUT2D eigenvalue weighted by Gasteiger charge is 2.40. The molecule has 1 aliphatic carbocycles. The number of rotatable bonds is 11. The van der Waals surface area contributed by atoms with Gasteiger partial charge in [0.25, 0.3) is 6.01 Å². The first-order valence-electron chi connectivity index (χ1n) is 14.4. The van der Waals surface area contributed by atoms with Gasteiger partial charge in [0.05, 0.1) is 19.1 Å². The average Bonchev–Trinajstić information content (AvgIpc) is 3.67. The minimum atomic E-state index is -1.11. The predicted molar refractivity (Wildman–Crippen MR) is 151 cm³/mol. The number of carbonyl (C=O) groups excluding carboxylic acids is 2. The molecule has 0 radical (unpaired) electrons. The van der Waals surface area contributed by atoms with Gasteiger partial charge in [-0.3, -0.25) is 14.5 Å². The van der Waals surface area contributed by atoms with E-state index < -0.39 is 17.5 Å². The number of aromatic nitrogens is 1. The summed E-state index contributed by atoms with van der Waals surface area (Å²) in [7, 11) is 1.40. The lowest BCUT2D eigenvalue weighted by atomic mass is 9.87. The quantitative estimate of drug-likeness (QED) is 0.221. The van der Waals surface area contributed by atoms with Gasteiger partial charge in [-0.1, -0.05) is 12.1 Å². The smallest absolute Gasteiger partial charge is 0.308 e. The molecule has 1 saturated carbocycles. The first-order valence-corrected chi connectivity index (χ1v) is 14.4. The molecule has 226 valence electrons. The van der Waals surface area contributed by atoms with Crippen molar-refractivity contribution in [3.8, 4) is 0 Å². The number of hydrogen-bond acceptors (Lipinski definition) is 9. The van der Waals surface area contributed by atoms with Crippen LogP contribution in [-0.2, 0) is 30.2 Å². The Bertz CT molecular complexity index is 1430. The van der Waals surface area contributed by atoms with Gasteiger partial charge in [-0.05, 0) is 74.8 Å². The Morgan fingerprint density at radius 3 is 2.57 bits per heavy atom. The number of ketones is 1. The fourth-order valence-corrected chi connectivity index (χ4v) is 5.73. The summed E-state index contributed by atoms with van der Waals surface area (Å²) in [4.78, 5) is 31.3. The van der Waals surface area contributed by atoms with Gasteiger partial charge in [0.2, 0.25) is 5.91 Å². The standard InChI is InChI=1S/C31H37F2N3O6/c1-19-6-10-22(32)17-26(19)35-30-34-25-13-9-21(27(33)28(25)41-30)16-23(37)18-40-31(2,36-14-4-5-15-36)42-24-11-7-20(8-12-24)29(38)39-3/h6,9-10,13,17,20,24H,4-5,7-8,11-12,14-16,18H2,1-3H3,(H,34,35)/t20-,24-,31?. The number of nitrogens with one attached hydrogen (secondary N) is 1. The molecule has 0 bridgehead atoms. The van der Waals surface area contributed by atoms with Gasteiger partial charge in [0.15, 0.2) is 17.2 Å². The maximum absolute atomic E-state index is 15.4. The molecule has 2 aliphatic rings. The van der Waals surface area contributed by atoms with Gasteiger partial charge < -0.3 is 23.9 Å². The highest BCUT2D eigenvalue weighted by molar-refractivity contribution is 5.84. The number of oxazole rings is 1. The number of Topliss-reactive ketones (excluding diaryl/α,β-unsaturated/α-hetero) is 1. The molecule has 2 aromatic carbocycles. The molecule has 2 fully saturated rings. The molecule has 42 heavy (non-hydrogen) atoms. The largest absolute Gasteiger partial charge is 0.469 e. The van der Waals surface area contributed by atoms with Crippen LogP contribution in [0.15, 0.2) is 34.7 Å². The van der Waals surface area contributed by atoms with Gasteiger partial charge in [0.1, 0.15) is 17.9 Å². The number of anilines is 2. The van der Waals surface area contributed by atoms with E-state index in [1.807, 2.05) is 6.92 Å². The van der Waals surface area contributed by atoms with E-state index in [1.54, 1.807) is 19.1 Å². The van der Waals surface area contributed by atoms with Crippen LogP contribution in [0.5, 0.6) is 0 Å². The maximum atomic E-state index is 15.4. The van der Waals surface area contributed by atoms with Gasteiger partial charge in [-0.15, -0.1) is 0 Å². The fraction of sp³-hybridized carbons (Fsp3) is 0.516. The van der Waals surface area contributed by atoms with Crippen LogP contribution in [0.4, 0.5) is 20.5 Å². The zero-order valence-corrected chi connectivity index (χ0v) is 24.2. The Morgan fingerprint density at radius 2 is 1.86 bits per heavy atom. The predicted octanol–water partition coefficient (Wildman–Crippen LogP) is 5.80. The molecule has 1 aliphatic heterocycles. The van der Waals surface area contributed by atoms with Crippen molar-refractivity contribution in [1.82, 2.24) is 9.88 Å². The molecule has 1 saturated heterocycles. The highest BCUT2D eigenvalue weighted by atomic mass is 19.1. The number of aryl methyl sites for hydroxylation is 1. The molecule has 2 heterocycles. The Balaban J connectivity index is 1.22. The van der Waals surface area contributed by atoms with Crippen molar-refractivity contribution in [2.24, 2.45) is 5.92 Å². The van der Waals surface area contributed by atoms with E-state index in [2.05, 4.69) is 15.2 Å². The van der Waals surface area contributed by atoms with E-state index in [9.17, 15) is 14.0 Å². The monoisotopic (exact) mass is 585 g/mol. The second kappa shape index (κ2) is 12.8. The van der Waals surface area contributed by atoms with Crippen molar-refractivity contribution in [2.75, 3.05) is 32.1 Å². The third-order valence-electron chi connectivity index (χ3n) is 8.18. The summed E-state index contributed by atoms with van der Waals surface area (Å²) >= 11 is 0. The number of nitrogens with zero attached hydrogens (tertiary/aromatic N) is 2. The van der Waals surface area contributed by atoms with Crippen molar-refractivity contribution in [1.29, 1.82) is 0 Å². The second-order valence-electron chi connectivity index (χ2n) is 11.2. The number of methoxy groups -OCH3 is 1. The van der Waals surface area contributed by atoms with E-state index in [0.717, 1.165) is 31.5 Å². The van der Waals surface area contributed by atoms with Crippen LogP contribution >= 0.6 is 0 Å². The number of likely N-dealkylation sites (tertiary alicyclic amines) is 1. The summed E-state index contributed by atoms with van der Waals surface area (Å²) < 4.78 is 52.1. The molecule has 1 aromatic heterocycles. The highest BCUT2D eigenvalue weighted by Crippen LogP contribution is 2.33. The maximum Gasteiger partial charge on any atom is 0.308 e. The Labute approximate surface area is 243 Å². The molecule has 1 unspecified atom stereocenters. The summed E-state index contributed by atoms with van der Waals surface area (Å²) in [5, 5.41) is 2.88. The lowest BCUT2D eigenvalue weighted by Gasteiger charge is -2.41. The number of ether oxygens (including phenoxy) is 3. The molecule has 3 aromatic rings. The van der Waals surface area contributed by atoms with Crippen LogP contribution in [0.25, 0.3) is 11.1 Å². The summed E-state index contributed by atoms with van der Waals surface area (Å²) in [6.07, 6.45) is 4.43. The first-order chi connectivity index (χ1) is 20.1. The van der Waals surface area contributed by atoms with Crippen LogP contribution in [0.2, 0.25) is 0 Å². The molecular formula is C31H37F2N3O6. The zero-order valence-electron chi connectivity index (χ0n) is 24.2. The van der Waals surface area contributed by atoms with Crippen LogP contribution in [0.1, 0.15) is 56.6 Å². The molecule has 9 nitrogen and oxygen atoms in total. The van der Waals surface area contributed by atoms with Crippen LogP contribution in [0, 0.1) is 24.5 Å². The van der Waals surface area contributed by atoms with Crippen molar-refractivity contribution in [2.45, 2.75) is 70.8 Å². The number of fused-ring (bicyclic) bond motifs is 1. The topological polar surface area (TPSA) is 103 Å². The van der Waals surface area contributed by atoms with Gasteiger partial charge in [-0.25, -0.2) is 8.78 Å².